The Hall–Kier alpha value is -1.58. The molecule has 1 N–H and O–H groups in total. The van der Waals surface area contributed by atoms with E-state index < -0.39 is 31.3 Å². The van der Waals surface area contributed by atoms with Crippen molar-refractivity contribution in [3.8, 4) is 0 Å². The van der Waals surface area contributed by atoms with Crippen molar-refractivity contribution in [2.24, 2.45) is 0 Å². The van der Waals surface area contributed by atoms with Gasteiger partial charge < -0.3 is 5.32 Å². The molecule has 9 heteroatoms. The molecular formula is C11H14FN3O4S. The van der Waals surface area contributed by atoms with Crippen LogP contribution < -0.4 is 5.32 Å². The second kappa shape index (κ2) is 5.81. The zero-order valence-corrected chi connectivity index (χ0v) is 11.4. The highest BCUT2D eigenvalue weighted by atomic mass is 32.2. The first kappa shape index (κ1) is 14.8. The first-order valence-corrected chi connectivity index (χ1v) is 7.52. The zero-order chi connectivity index (χ0) is 14.8. The number of rotatable bonds is 3. The second-order valence-electron chi connectivity index (χ2n) is 4.35. The molecule has 1 aromatic carbocycles. The van der Waals surface area contributed by atoms with Crippen LogP contribution >= 0.6 is 0 Å². The molecule has 1 aromatic rings. The van der Waals surface area contributed by atoms with Crippen LogP contribution in [0.3, 0.4) is 0 Å². The van der Waals surface area contributed by atoms with Gasteiger partial charge in [-0.3, -0.25) is 10.1 Å². The molecule has 1 aliphatic heterocycles. The van der Waals surface area contributed by atoms with Crippen molar-refractivity contribution in [1.29, 1.82) is 0 Å². The molecule has 0 bridgehead atoms. The number of para-hydroxylation sites is 1. The van der Waals surface area contributed by atoms with Crippen molar-refractivity contribution >= 4 is 15.7 Å². The lowest BCUT2D eigenvalue weighted by Gasteiger charge is -2.19. The highest BCUT2D eigenvalue weighted by molar-refractivity contribution is 7.89. The Bertz CT molecular complexity index is 612. The maximum Gasteiger partial charge on any atom is 0.324 e. The van der Waals surface area contributed by atoms with E-state index in [1.807, 2.05) is 0 Å². The number of benzene rings is 1. The third-order valence-corrected chi connectivity index (χ3v) is 4.98. The van der Waals surface area contributed by atoms with Crippen molar-refractivity contribution in [1.82, 2.24) is 9.62 Å². The highest BCUT2D eigenvalue weighted by Gasteiger charge is 2.34. The van der Waals surface area contributed by atoms with Gasteiger partial charge in [-0.2, -0.15) is 8.70 Å². The highest BCUT2D eigenvalue weighted by Crippen LogP contribution is 2.29. The van der Waals surface area contributed by atoms with Gasteiger partial charge >= 0.3 is 5.69 Å². The van der Waals surface area contributed by atoms with E-state index in [1.165, 1.54) is 0 Å². The lowest BCUT2D eigenvalue weighted by atomic mass is 10.3. The molecule has 1 aliphatic rings. The summed E-state index contributed by atoms with van der Waals surface area (Å²) in [5.41, 5.74) is -0.996. The molecule has 0 saturated carbocycles. The maximum atomic E-state index is 13.5. The van der Waals surface area contributed by atoms with E-state index in [4.69, 9.17) is 0 Å². The predicted molar refractivity (Wildman–Crippen MR) is 69.3 cm³/mol. The Morgan fingerprint density at radius 3 is 2.75 bits per heavy atom. The maximum absolute atomic E-state index is 13.5. The lowest BCUT2D eigenvalue weighted by Crippen LogP contribution is -2.34. The smallest absolute Gasteiger partial charge is 0.315 e. The molecule has 1 heterocycles. The minimum atomic E-state index is -4.07. The van der Waals surface area contributed by atoms with E-state index in [9.17, 15) is 22.9 Å². The van der Waals surface area contributed by atoms with Gasteiger partial charge in [0.15, 0.2) is 4.90 Å². The fourth-order valence-corrected chi connectivity index (χ4v) is 3.73. The van der Waals surface area contributed by atoms with Crippen molar-refractivity contribution in [2.45, 2.75) is 11.3 Å². The van der Waals surface area contributed by atoms with E-state index in [1.54, 1.807) is 0 Å². The number of halogens is 1. The monoisotopic (exact) mass is 303 g/mol. The van der Waals surface area contributed by atoms with Gasteiger partial charge in [0.1, 0.15) is 0 Å². The minimum Gasteiger partial charge on any atom is -0.315 e. The Balaban J connectivity index is 2.48. The molecule has 0 radical (unpaired) electrons. The van der Waals surface area contributed by atoms with Crippen LogP contribution in [0.15, 0.2) is 23.1 Å². The molecule has 110 valence electrons. The van der Waals surface area contributed by atoms with Gasteiger partial charge in [-0.1, -0.05) is 6.07 Å². The van der Waals surface area contributed by atoms with Crippen molar-refractivity contribution in [2.75, 3.05) is 26.2 Å². The minimum absolute atomic E-state index is 0.204. The van der Waals surface area contributed by atoms with E-state index in [0.717, 1.165) is 22.5 Å². The molecule has 0 amide bonds. The second-order valence-corrected chi connectivity index (χ2v) is 6.26. The van der Waals surface area contributed by atoms with Crippen molar-refractivity contribution in [3.05, 3.63) is 34.1 Å². The fourth-order valence-electron chi connectivity index (χ4n) is 2.08. The topological polar surface area (TPSA) is 92.5 Å². The number of hydrogen-bond acceptors (Lipinski definition) is 5. The van der Waals surface area contributed by atoms with Crippen LogP contribution in [0, 0.1) is 15.9 Å². The molecule has 0 aromatic heterocycles. The van der Waals surface area contributed by atoms with Crippen molar-refractivity contribution in [3.63, 3.8) is 0 Å². The summed E-state index contributed by atoms with van der Waals surface area (Å²) in [6, 6.07) is 3.10. The van der Waals surface area contributed by atoms with Crippen molar-refractivity contribution < 1.29 is 17.7 Å². The average molecular weight is 303 g/mol. The first-order valence-electron chi connectivity index (χ1n) is 6.08. The van der Waals surface area contributed by atoms with E-state index in [0.29, 0.717) is 19.5 Å². The van der Waals surface area contributed by atoms with Crippen LogP contribution in [0.1, 0.15) is 6.42 Å². The Kier molecular flexibility index (Phi) is 4.31. The molecular weight excluding hydrogens is 289 g/mol. The van der Waals surface area contributed by atoms with Crippen LogP contribution in [0.5, 0.6) is 0 Å². The number of nitro benzene ring substituents is 1. The number of sulfonamides is 1. The number of hydrogen-bond donors (Lipinski definition) is 1. The summed E-state index contributed by atoms with van der Waals surface area (Å²) in [6.45, 7) is 1.60. The van der Waals surface area contributed by atoms with Gasteiger partial charge in [0.25, 0.3) is 0 Å². The van der Waals surface area contributed by atoms with E-state index in [-0.39, 0.29) is 13.1 Å². The van der Waals surface area contributed by atoms with Gasteiger partial charge in [-0.05, 0) is 25.1 Å². The molecule has 0 aliphatic carbocycles. The average Bonchev–Trinajstić information content (AvgIpc) is 2.67. The van der Waals surface area contributed by atoms with Gasteiger partial charge in [-0.25, -0.2) is 8.42 Å². The zero-order valence-electron chi connectivity index (χ0n) is 10.6. The van der Waals surface area contributed by atoms with Crippen LogP contribution in [0.25, 0.3) is 0 Å². The van der Waals surface area contributed by atoms with Gasteiger partial charge in [0.05, 0.1) is 4.92 Å². The van der Waals surface area contributed by atoms with Gasteiger partial charge in [-0.15, -0.1) is 0 Å². The van der Waals surface area contributed by atoms with Crippen LogP contribution in [-0.2, 0) is 10.0 Å². The van der Waals surface area contributed by atoms with Crippen LogP contribution in [-0.4, -0.2) is 43.8 Å². The molecule has 7 nitrogen and oxygen atoms in total. The van der Waals surface area contributed by atoms with Gasteiger partial charge in [0.2, 0.25) is 15.8 Å². The summed E-state index contributed by atoms with van der Waals surface area (Å²) in [7, 11) is -4.07. The van der Waals surface area contributed by atoms with Gasteiger partial charge in [0, 0.05) is 19.6 Å². The number of nitro groups is 1. The number of nitrogens with one attached hydrogen (secondary N) is 1. The predicted octanol–water partition coefficient (Wildman–Crippen LogP) is 0.718. The largest absolute Gasteiger partial charge is 0.324 e. The summed E-state index contributed by atoms with van der Waals surface area (Å²) in [6.07, 6.45) is 0.600. The van der Waals surface area contributed by atoms with E-state index in [2.05, 4.69) is 5.32 Å². The SMILES string of the molecule is O=[N+]([O-])c1c(F)cccc1S(=O)(=O)N1CCCNCC1. The summed E-state index contributed by atoms with van der Waals surface area (Å²) in [5, 5.41) is 13.9. The Morgan fingerprint density at radius 1 is 1.30 bits per heavy atom. The quantitative estimate of drug-likeness (QED) is 0.656. The third kappa shape index (κ3) is 2.79. The summed E-state index contributed by atoms with van der Waals surface area (Å²) >= 11 is 0. The molecule has 0 atom stereocenters. The lowest BCUT2D eigenvalue weighted by molar-refractivity contribution is -0.390. The number of nitrogens with zero attached hydrogens (tertiary/aromatic N) is 2. The third-order valence-electron chi connectivity index (χ3n) is 3.05. The van der Waals surface area contributed by atoms with E-state index >= 15 is 0 Å². The molecule has 1 fully saturated rings. The summed E-state index contributed by atoms with van der Waals surface area (Å²) in [5.74, 6) is -1.15. The molecule has 1 saturated heterocycles. The van der Waals surface area contributed by atoms with Crippen LogP contribution in [0.2, 0.25) is 0 Å². The molecule has 0 unspecified atom stereocenters. The normalized spacial score (nSPS) is 17.6. The molecule has 20 heavy (non-hydrogen) atoms. The summed E-state index contributed by atoms with van der Waals surface area (Å²) < 4.78 is 39.6. The first-order chi connectivity index (χ1) is 9.44. The Labute approximate surface area is 115 Å². The standard InChI is InChI=1S/C11H14FN3O4S/c12-9-3-1-4-10(11(9)15(16)17)20(18,19)14-7-2-5-13-6-8-14/h1,3-4,13H,2,5-8H2. The fraction of sp³-hybridized carbons (Fsp3) is 0.455. The Morgan fingerprint density at radius 2 is 2.05 bits per heavy atom. The molecule has 2 rings (SSSR count). The summed E-state index contributed by atoms with van der Waals surface area (Å²) in [4.78, 5) is 9.32. The molecule has 0 spiro atoms. The van der Waals surface area contributed by atoms with Crippen LogP contribution in [0.4, 0.5) is 10.1 Å².